The summed E-state index contributed by atoms with van der Waals surface area (Å²) in [4.78, 5) is 25.1. The summed E-state index contributed by atoms with van der Waals surface area (Å²) in [5.74, 6) is -0.161. The molecule has 0 saturated carbocycles. The zero-order chi connectivity index (χ0) is 22.8. The Balaban J connectivity index is 1.57. The van der Waals surface area contributed by atoms with Gasteiger partial charge in [-0.25, -0.2) is 10.2 Å². The van der Waals surface area contributed by atoms with Gasteiger partial charge in [0.05, 0.1) is 10.7 Å². The lowest BCUT2D eigenvalue weighted by atomic mass is 9.93. The van der Waals surface area contributed by atoms with Gasteiger partial charge < -0.3 is 9.15 Å². The van der Waals surface area contributed by atoms with Crippen molar-refractivity contribution < 1.29 is 18.7 Å². The maximum atomic E-state index is 12.7. The van der Waals surface area contributed by atoms with E-state index in [9.17, 15) is 9.59 Å². The fourth-order valence-corrected chi connectivity index (χ4v) is 4.04. The lowest BCUT2D eigenvalue weighted by Crippen LogP contribution is -2.22. The Bertz CT molecular complexity index is 1230. The predicted octanol–water partition coefficient (Wildman–Crippen LogP) is 6.24. The predicted molar refractivity (Wildman–Crippen MR) is 123 cm³/mol. The molecule has 0 unspecified atom stereocenters. The van der Waals surface area contributed by atoms with Crippen LogP contribution in [-0.2, 0) is 6.42 Å². The van der Waals surface area contributed by atoms with Gasteiger partial charge in [0.2, 0.25) is 5.76 Å². The number of carbonyl (C=O) groups is 2. The fourth-order valence-electron chi connectivity index (χ4n) is 3.46. The summed E-state index contributed by atoms with van der Waals surface area (Å²) in [7, 11) is 0. The molecule has 4 rings (SSSR count). The van der Waals surface area contributed by atoms with Gasteiger partial charge in [-0.15, -0.1) is 0 Å². The molecular formula is C23H17Cl3N2O4. The van der Waals surface area contributed by atoms with Crippen molar-refractivity contribution in [1.29, 1.82) is 0 Å². The second-order valence-corrected chi connectivity index (χ2v) is 8.46. The average Bonchev–Trinajstić information content (AvgIpc) is 3.12. The van der Waals surface area contributed by atoms with Crippen LogP contribution in [0.2, 0.25) is 15.1 Å². The maximum absolute atomic E-state index is 12.7. The van der Waals surface area contributed by atoms with E-state index >= 15 is 0 Å². The first-order chi connectivity index (χ1) is 15.3. The van der Waals surface area contributed by atoms with Gasteiger partial charge in [-0.1, -0.05) is 34.8 Å². The zero-order valence-corrected chi connectivity index (χ0v) is 19.1. The molecule has 1 aliphatic carbocycles. The number of fused-ring (bicyclic) bond motifs is 1. The van der Waals surface area contributed by atoms with E-state index in [1.165, 1.54) is 12.1 Å². The van der Waals surface area contributed by atoms with E-state index in [1.807, 2.05) is 0 Å². The Morgan fingerprint density at radius 2 is 1.75 bits per heavy atom. The van der Waals surface area contributed by atoms with Crippen LogP contribution >= 0.6 is 34.8 Å². The average molecular weight is 492 g/mol. The van der Waals surface area contributed by atoms with Crippen LogP contribution in [0.4, 0.5) is 0 Å². The molecule has 0 bridgehead atoms. The summed E-state index contributed by atoms with van der Waals surface area (Å²) >= 11 is 17.8. The molecule has 9 heteroatoms. The number of hydrogen-bond acceptors (Lipinski definition) is 5. The standard InChI is InChI=1S/C23H17Cl3N2O4/c1-12-20-17(27-28-22(29)13-5-7-14(24)8-6-13)3-2-4-19(20)31-21(12)23(30)32-18-10-9-15(25)11-16(18)26/h5-11H,2-4H2,1H3,(H,28,29)/b27-17+. The Hall–Kier alpha value is -2.80. The summed E-state index contributed by atoms with van der Waals surface area (Å²) in [6.07, 6.45) is 2.05. The van der Waals surface area contributed by atoms with Gasteiger partial charge >= 0.3 is 5.97 Å². The summed E-state index contributed by atoms with van der Waals surface area (Å²) < 4.78 is 11.2. The fraction of sp³-hybridized carbons (Fsp3) is 0.174. The molecule has 32 heavy (non-hydrogen) atoms. The Kier molecular flexibility index (Phi) is 6.55. The number of amides is 1. The van der Waals surface area contributed by atoms with Crippen LogP contribution < -0.4 is 10.2 Å². The number of furan rings is 1. The third-order valence-corrected chi connectivity index (χ3v) is 5.79. The smallest absolute Gasteiger partial charge is 0.379 e. The number of nitrogens with one attached hydrogen (secondary N) is 1. The number of esters is 1. The van der Waals surface area contributed by atoms with Crippen LogP contribution in [-0.4, -0.2) is 17.6 Å². The molecule has 1 amide bonds. The zero-order valence-electron chi connectivity index (χ0n) is 16.9. The number of carbonyl (C=O) groups excluding carboxylic acids is 2. The summed E-state index contributed by atoms with van der Waals surface area (Å²) in [5, 5.41) is 5.49. The number of nitrogens with zero attached hydrogens (tertiary/aromatic N) is 1. The molecule has 6 nitrogen and oxygen atoms in total. The van der Waals surface area contributed by atoms with E-state index in [2.05, 4.69) is 10.5 Å². The highest BCUT2D eigenvalue weighted by Gasteiger charge is 2.29. The number of hydrazone groups is 1. The lowest BCUT2D eigenvalue weighted by molar-refractivity contribution is 0.0698. The molecule has 0 aliphatic heterocycles. The molecule has 1 N–H and O–H groups in total. The molecule has 0 spiro atoms. The van der Waals surface area contributed by atoms with Crippen LogP contribution in [0.5, 0.6) is 5.75 Å². The van der Waals surface area contributed by atoms with E-state index in [0.717, 1.165) is 6.42 Å². The molecule has 0 fully saturated rings. The van der Waals surface area contributed by atoms with Crippen molar-refractivity contribution in [1.82, 2.24) is 5.43 Å². The van der Waals surface area contributed by atoms with E-state index in [1.54, 1.807) is 37.3 Å². The molecule has 3 aromatic rings. The quantitative estimate of drug-likeness (QED) is 0.266. The lowest BCUT2D eigenvalue weighted by Gasteiger charge is -2.13. The third-order valence-electron chi connectivity index (χ3n) is 5.01. The van der Waals surface area contributed by atoms with E-state index in [4.69, 9.17) is 44.0 Å². The molecule has 2 aromatic carbocycles. The van der Waals surface area contributed by atoms with Gasteiger partial charge in [0.15, 0.2) is 0 Å². The highest BCUT2D eigenvalue weighted by Crippen LogP contribution is 2.32. The normalized spacial score (nSPS) is 14.2. The molecule has 0 saturated heterocycles. The van der Waals surface area contributed by atoms with Crippen molar-refractivity contribution in [2.75, 3.05) is 0 Å². The third kappa shape index (κ3) is 4.67. The minimum atomic E-state index is -0.675. The SMILES string of the molecule is Cc1c(C(=O)Oc2ccc(Cl)cc2Cl)oc2c1/C(=N/NC(=O)c1ccc(Cl)cc1)CCC2. The molecular weight excluding hydrogens is 475 g/mol. The number of benzene rings is 2. The van der Waals surface area contributed by atoms with Crippen LogP contribution in [0.15, 0.2) is 52.0 Å². The Morgan fingerprint density at radius 1 is 1.03 bits per heavy atom. The van der Waals surface area contributed by atoms with Crippen molar-refractivity contribution >= 4 is 52.4 Å². The summed E-state index contributed by atoms with van der Waals surface area (Å²) in [6, 6.07) is 11.1. The van der Waals surface area contributed by atoms with Gasteiger partial charge in [-0.3, -0.25) is 4.79 Å². The van der Waals surface area contributed by atoms with Crippen LogP contribution in [0, 0.1) is 6.92 Å². The van der Waals surface area contributed by atoms with Gasteiger partial charge in [0.1, 0.15) is 11.5 Å². The van der Waals surface area contributed by atoms with Crippen molar-refractivity contribution in [3.63, 3.8) is 0 Å². The topological polar surface area (TPSA) is 80.9 Å². The number of ether oxygens (including phenoxy) is 1. The Labute approximate surface area is 199 Å². The summed E-state index contributed by atoms with van der Waals surface area (Å²) in [6.45, 7) is 1.75. The van der Waals surface area contributed by atoms with E-state index < -0.39 is 5.97 Å². The van der Waals surface area contributed by atoms with Gasteiger partial charge in [0.25, 0.3) is 5.91 Å². The van der Waals surface area contributed by atoms with Crippen LogP contribution in [0.25, 0.3) is 0 Å². The monoisotopic (exact) mass is 490 g/mol. The molecule has 164 valence electrons. The van der Waals surface area contributed by atoms with Gasteiger partial charge in [-0.05, 0) is 62.2 Å². The molecule has 0 radical (unpaired) electrons. The van der Waals surface area contributed by atoms with E-state index in [-0.39, 0.29) is 22.4 Å². The Morgan fingerprint density at radius 3 is 2.47 bits per heavy atom. The number of halogens is 3. The first-order valence-electron chi connectivity index (χ1n) is 9.76. The molecule has 0 atom stereocenters. The highest BCUT2D eigenvalue weighted by atomic mass is 35.5. The van der Waals surface area contributed by atoms with Crippen molar-refractivity contribution in [2.24, 2.45) is 5.10 Å². The molecule has 1 aliphatic rings. The van der Waals surface area contributed by atoms with Crippen molar-refractivity contribution in [2.45, 2.75) is 26.2 Å². The number of aryl methyl sites for hydroxylation is 1. The highest BCUT2D eigenvalue weighted by molar-refractivity contribution is 6.35. The summed E-state index contributed by atoms with van der Waals surface area (Å²) in [5.41, 5.74) is 4.94. The van der Waals surface area contributed by atoms with Gasteiger partial charge in [0, 0.05) is 33.2 Å². The second kappa shape index (κ2) is 9.36. The maximum Gasteiger partial charge on any atom is 0.379 e. The molecule has 1 aromatic heterocycles. The second-order valence-electron chi connectivity index (χ2n) is 7.18. The van der Waals surface area contributed by atoms with Crippen LogP contribution in [0.3, 0.4) is 0 Å². The number of rotatable bonds is 4. The first-order valence-corrected chi connectivity index (χ1v) is 10.9. The van der Waals surface area contributed by atoms with E-state index in [0.29, 0.717) is 51.0 Å². The largest absolute Gasteiger partial charge is 0.453 e. The van der Waals surface area contributed by atoms with Crippen LogP contribution in [0.1, 0.15) is 50.6 Å². The minimum Gasteiger partial charge on any atom is -0.453 e. The van der Waals surface area contributed by atoms with Crippen molar-refractivity contribution in [3.8, 4) is 5.75 Å². The minimum absolute atomic E-state index is 0.0691. The van der Waals surface area contributed by atoms with Crippen molar-refractivity contribution in [3.05, 3.63) is 85.7 Å². The first kappa shape index (κ1) is 22.4. The number of hydrogen-bond donors (Lipinski definition) is 1. The van der Waals surface area contributed by atoms with Gasteiger partial charge in [-0.2, -0.15) is 5.10 Å². The molecule has 1 heterocycles.